The second-order valence-electron chi connectivity index (χ2n) is 9.36. The van der Waals surface area contributed by atoms with Crippen molar-refractivity contribution >= 4 is 33.5 Å². The first-order valence-corrected chi connectivity index (χ1v) is 11.4. The Morgan fingerprint density at radius 2 is 1.15 bits per heavy atom. The molecule has 0 heterocycles. The molecule has 0 radical (unpaired) electrons. The van der Waals surface area contributed by atoms with Crippen LogP contribution in [0.2, 0.25) is 0 Å². The molecule has 0 saturated carbocycles. The molecule has 2 N–H and O–H groups in total. The number of anilines is 4. The number of fused-ring (bicyclic) bond motifs is 4. The maximum atomic E-state index is 6.02. The van der Waals surface area contributed by atoms with E-state index in [4.69, 9.17) is 5.73 Å². The predicted molar refractivity (Wildman–Crippen MR) is 141 cm³/mol. The fourth-order valence-corrected chi connectivity index (χ4v) is 5.22. The van der Waals surface area contributed by atoms with Crippen LogP contribution in [0.15, 0.2) is 109 Å². The lowest BCUT2D eigenvalue weighted by atomic mass is 9.82. The monoisotopic (exact) mass is 426 g/mol. The standard InChI is InChI=1S/C31H26N2/c1-31(2)29-10-6-5-9-27(29)28-18-17-26(20-30(28)31)33(24-15-12-23(32)13-16-24)25-14-11-21-7-3-4-8-22(21)19-25/h3-20H,32H2,1-2H3. The molecule has 0 aromatic heterocycles. The van der Waals surface area contributed by atoms with Crippen LogP contribution in [0.4, 0.5) is 22.7 Å². The lowest BCUT2D eigenvalue weighted by Gasteiger charge is -2.28. The summed E-state index contributed by atoms with van der Waals surface area (Å²) in [4.78, 5) is 2.32. The highest BCUT2D eigenvalue weighted by Crippen LogP contribution is 2.50. The van der Waals surface area contributed by atoms with E-state index < -0.39 is 0 Å². The molecule has 160 valence electrons. The van der Waals surface area contributed by atoms with Crippen molar-refractivity contribution in [2.75, 3.05) is 10.6 Å². The molecule has 33 heavy (non-hydrogen) atoms. The van der Waals surface area contributed by atoms with Gasteiger partial charge in [0, 0.05) is 28.2 Å². The molecule has 0 fully saturated rings. The van der Waals surface area contributed by atoms with E-state index in [-0.39, 0.29) is 5.41 Å². The van der Waals surface area contributed by atoms with Crippen molar-refractivity contribution < 1.29 is 0 Å². The number of nitrogens with zero attached hydrogens (tertiary/aromatic N) is 1. The maximum Gasteiger partial charge on any atom is 0.0468 e. The second-order valence-corrected chi connectivity index (χ2v) is 9.36. The van der Waals surface area contributed by atoms with Gasteiger partial charge in [-0.2, -0.15) is 0 Å². The van der Waals surface area contributed by atoms with Gasteiger partial charge in [-0.25, -0.2) is 0 Å². The van der Waals surface area contributed by atoms with Gasteiger partial charge in [0.25, 0.3) is 0 Å². The van der Waals surface area contributed by atoms with Gasteiger partial charge >= 0.3 is 0 Å². The minimum atomic E-state index is -0.0435. The third-order valence-corrected chi connectivity index (χ3v) is 6.97. The maximum absolute atomic E-state index is 6.02. The average molecular weight is 427 g/mol. The van der Waals surface area contributed by atoms with Gasteiger partial charge in [-0.15, -0.1) is 0 Å². The van der Waals surface area contributed by atoms with Crippen LogP contribution >= 0.6 is 0 Å². The molecule has 1 aliphatic rings. The molecule has 2 heteroatoms. The zero-order valence-corrected chi connectivity index (χ0v) is 18.9. The Morgan fingerprint density at radius 3 is 1.97 bits per heavy atom. The van der Waals surface area contributed by atoms with Crippen LogP contribution < -0.4 is 10.6 Å². The van der Waals surface area contributed by atoms with Crippen LogP contribution in [0.5, 0.6) is 0 Å². The van der Waals surface area contributed by atoms with Gasteiger partial charge in [0.1, 0.15) is 0 Å². The smallest absolute Gasteiger partial charge is 0.0468 e. The van der Waals surface area contributed by atoms with Crippen molar-refractivity contribution in [2.45, 2.75) is 19.3 Å². The van der Waals surface area contributed by atoms with Crippen LogP contribution in [0.25, 0.3) is 21.9 Å². The highest BCUT2D eigenvalue weighted by Gasteiger charge is 2.35. The van der Waals surface area contributed by atoms with E-state index in [1.807, 2.05) is 12.1 Å². The van der Waals surface area contributed by atoms with Crippen LogP contribution in [0.1, 0.15) is 25.0 Å². The lowest BCUT2D eigenvalue weighted by molar-refractivity contribution is 0.660. The molecule has 0 atom stereocenters. The first-order chi connectivity index (χ1) is 16.0. The molecule has 5 aromatic carbocycles. The zero-order chi connectivity index (χ0) is 22.6. The first-order valence-electron chi connectivity index (χ1n) is 11.4. The summed E-state index contributed by atoms with van der Waals surface area (Å²) in [6.45, 7) is 4.65. The summed E-state index contributed by atoms with van der Waals surface area (Å²) in [6.07, 6.45) is 0. The summed E-state index contributed by atoms with van der Waals surface area (Å²) < 4.78 is 0. The quantitative estimate of drug-likeness (QED) is 0.295. The van der Waals surface area contributed by atoms with Crippen LogP contribution in [-0.2, 0) is 5.41 Å². The van der Waals surface area contributed by atoms with Crippen molar-refractivity contribution in [3.63, 3.8) is 0 Å². The van der Waals surface area contributed by atoms with Crippen molar-refractivity contribution in [3.05, 3.63) is 120 Å². The topological polar surface area (TPSA) is 29.3 Å². The predicted octanol–water partition coefficient (Wildman–Crippen LogP) is 8.20. The molecule has 0 saturated heterocycles. The van der Waals surface area contributed by atoms with Crippen LogP contribution in [0.3, 0.4) is 0 Å². The van der Waals surface area contributed by atoms with E-state index in [0.717, 1.165) is 22.7 Å². The molecule has 0 aliphatic heterocycles. The van der Waals surface area contributed by atoms with Crippen molar-refractivity contribution in [3.8, 4) is 11.1 Å². The van der Waals surface area contributed by atoms with E-state index in [1.165, 1.54) is 33.0 Å². The first kappa shape index (κ1) is 19.6. The number of hydrogen-bond donors (Lipinski definition) is 1. The highest BCUT2D eigenvalue weighted by molar-refractivity contribution is 5.90. The zero-order valence-electron chi connectivity index (χ0n) is 18.9. The summed E-state index contributed by atoms with van der Waals surface area (Å²) in [5.41, 5.74) is 15.5. The van der Waals surface area contributed by atoms with Gasteiger partial charge in [0.15, 0.2) is 0 Å². The Morgan fingerprint density at radius 1 is 0.545 bits per heavy atom. The normalized spacial score (nSPS) is 13.5. The number of nitrogens with two attached hydrogens (primary N) is 1. The average Bonchev–Trinajstić information content (AvgIpc) is 3.07. The van der Waals surface area contributed by atoms with Gasteiger partial charge in [-0.05, 0) is 81.6 Å². The van der Waals surface area contributed by atoms with E-state index in [0.29, 0.717) is 0 Å². The van der Waals surface area contributed by atoms with Gasteiger partial charge in [0.2, 0.25) is 0 Å². The fraction of sp³-hybridized carbons (Fsp3) is 0.0968. The number of hydrogen-bond acceptors (Lipinski definition) is 2. The largest absolute Gasteiger partial charge is 0.399 e. The summed E-state index contributed by atoms with van der Waals surface area (Å²) in [6, 6.07) is 38.9. The molecule has 0 unspecified atom stereocenters. The summed E-state index contributed by atoms with van der Waals surface area (Å²) in [5, 5.41) is 2.47. The molecule has 2 nitrogen and oxygen atoms in total. The Kier molecular flexibility index (Phi) is 4.31. The Hall–Kier alpha value is -4.04. The molecule has 0 amide bonds. The van der Waals surface area contributed by atoms with Crippen LogP contribution in [-0.4, -0.2) is 0 Å². The van der Waals surface area contributed by atoms with Gasteiger partial charge in [-0.3, -0.25) is 0 Å². The van der Waals surface area contributed by atoms with Gasteiger partial charge in [-0.1, -0.05) is 74.5 Å². The number of rotatable bonds is 3. The molecule has 0 bridgehead atoms. The fourth-order valence-electron chi connectivity index (χ4n) is 5.22. The van der Waals surface area contributed by atoms with Gasteiger partial charge in [0.05, 0.1) is 0 Å². The SMILES string of the molecule is CC1(C)c2ccccc2-c2ccc(N(c3ccc(N)cc3)c3ccc4ccccc4c3)cc21. The summed E-state index contributed by atoms with van der Waals surface area (Å²) in [7, 11) is 0. The van der Waals surface area contributed by atoms with Crippen molar-refractivity contribution in [1.82, 2.24) is 0 Å². The van der Waals surface area contributed by atoms with E-state index in [9.17, 15) is 0 Å². The minimum absolute atomic E-state index is 0.0435. The second kappa shape index (κ2) is 7.25. The molecule has 1 aliphatic carbocycles. The molecular weight excluding hydrogens is 400 g/mol. The van der Waals surface area contributed by atoms with E-state index >= 15 is 0 Å². The van der Waals surface area contributed by atoms with Crippen molar-refractivity contribution in [1.29, 1.82) is 0 Å². The van der Waals surface area contributed by atoms with E-state index in [2.05, 4.69) is 116 Å². The Bertz CT molecular complexity index is 1500. The number of benzene rings is 5. The Labute approximate surface area is 194 Å². The van der Waals surface area contributed by atoms with Crippen LogP contribution in [0, 0.1) is 0 Å². The van der Waals surface area contributed by atoms with Crippen molar-refractivity contribution in [2.24, 2.45) is 0 Å². The number of nitrogen functional groups attached to an aromatic ring is 1. The lowest BCUT2D eigenvalue weighted by Crippen LogP contribution is -2.16. The summed E-state index contributed by atoms with van der Waals surface area (Å²) >= 11 is 0. The Balaban J connectivity index is 1.55. The van der Waals surface area contributed by atoms with E-state index in [1.54, 1.807) is 0 Å². The molecule has 0 spiro atoms. The molecule has 5 aromatic rings. The highest BCUT2D eigenvalue weighted by atomic mass is 15.1. The molecular formula is C31H26N2. The third-order valence-electron chi connectivity index (χ3n) is 6.97. The minimum Gasteiger partial charge on any atom is -0.399 e. The van der Waals surface area contributed by atoms with Gasteiger partial charge < -0.3 is 10.6 Å². The third kappa shape index (κ3) is 3.10. The summed E-state index contributed by atoms with van der Waals surface area (Å²) in [5.74, 6) is 0. The molecule has 6 rings (SSSR count).